The van der Waals surface area contributed by atoms with Crippen LogP contribution in [0.4, 0.5) is 0 Å². The summed E-state index contributed by atoms with van der Waals surface area (Å²) < 4.78 is 10.7. The van der Waals surface area contributed by atoms with Crippen LogP contribution in [0.25, 0.3) is 0 Å². The molecule has 1 unspecified atom stereocenters. The highest BCUT2D eigenvalue weighted by Gasteiger charge is 2.22. The molecule has 0 bridgehead atoms. The van der Waals surface area contributed by atoms with Crippen LogP contribution in [0.1, 0.15) is 19.8 Å². The van der Waals surface area contributed by atoms with E-state index < -0.39 is 0 Å². The lowest BCUT2D eigenvalue weighted by molar-refractivity contribution is -0.148. The predicted octanol–water partition coefficient (Wildman–Crippen LogP) is 0.0287. The quantitative estimate of drug-likeness (QED) is 0.451. The standard InChI is InChI=1S/C9H23NO2Si/c1-8(10(2)3)6-7-9(13,11-4)12-5/h8H,6-7H2,1-5,13H3. The lowest BCUT2D eigenvalue weighted by Gasteiger charge is -2.29. The fourth-order valence-corrected chi connectivity index (χ4v) is 1.31. The highest BCUT2D eigenvalue weighted by molar-refractivity contribution is 6.13. The van der Waals surface area contributed by atoms with Gasteiger partial charge < -0.3 is 14.4 Å². The topological polar surface area (TPSA) is 21.7 Å². The molecule has 0 aliphatic rings. The van der Waals surface area contributed by atoms with Crippen molar-refractivity contribution in [1.82, 2.24) is 4.90 Å². The minimum Gasteiger partial charge on any atom is -0.358 e. The number of ether oxygens (including phenoxy) is 2. The van der Waals surface area contributed by atoms with Crippen molar-refractivity contribution >= 4 is 10.2 Å². The van der Waals surface area contributed by atoms with Gasteiger partial charge in [0, 0.05) is 20.3 Å². The Kier molecular flexibility index (Phi) is 5.79. The van der Waals surface area contributed by atoms with Crippen LogP contribution in [0.3, 0.4) is 0 Å². The molecule has 0 saturated heterocycles. The Morgan fingerprint density at radius 1 is 1.31 bits per heavy atom. The Hall–Kier alpha value is 0.0969. The van der Waals surface area contributed by atoms with Gasteiger partial charge in [0.2, 0.25) is 0 Å². The van der Waals surface area contributed by atoms with Gasteiger partial charge in [-0.3, -0.25) is 0 Å². The third-order valence-electron chi connectivity index (χ3n) is 2.76. The van der Waals surface area contributed by atoms with Crippen molar-refractivity contribution in [2.24, 2.45) is 0 Å². The SMILES string of the molecule is COC([SiH3])(CCC(C)N(C)C)OC. The summed E-state index contributed by atoms with van der Waals surface area (Å²) in [6.07, 6.45) is 2.09. The van der Waals surface area contributed by atoms with E-state index in [1.165, 1.54) is 0 Å². The molecular weight excluding hydrogens is 182 g/mol. The molecule has 0 aliphatic carbocycles. The number of methoxy groups -OCH3 is 2. The molecule has 0 radical (unpaired) electrons. The van der Waals surface area contributed by atoms with Crippen LogP contribution in [0, 0.1) is 0 Å². The Labute approximate surface area is 84.8 Å². The van der Waals surface area contributed by atoms with Gasteiger partial charge in [-0.15, -0.1) is 0 Å². The van der Waals surface area contributed by atoms with Crippen molar-refractivity contribution in [2.75, 3.05) is 28.3 Å². The molecule has 0 aromatic rings. The third-order valence-corrected chi connectivity index (χ3v) is 4.08. The summed E-state index contributed by atoms with van der Waals surface area (Å²) >= 11 is 0. The van der Waals surface area contributed by atoms with Crippen molar-refractivity contribution in [1.29, 1.82) is 0 Å². The van der Waals surface area contributed by atoms with E-state index in [1.54, 1.807) is 14.2 Å². The first kappa shape index (κ1) is 13.1. The highest BCUT2D eigenvalue weighted by atomic mass is 28.1. The maximum atomic E-state index is 5.34. The predicted molar refractivity (Wildman–Crippen MR) is 59.1 cm³/mol. The second-order valence-electron chi connectivity index (χ2n) is 3.89. The van der Waals surface area contributed by atoms with Gasteiger partial charge in [0.1, 0.15) is 5.41 Å². The van der Waals surface area contributed by atoms with E-state index in [1.807, 2.05) is 0 Å². The van der Waals surface area contributed by atoms with Crippen LogP contribution in [0.15, 0.2) is 0 Å². The first-order valence-corrected chi connectivity index (χ1v) is 5.72. The van der Waals surface area contributed by atoms with E-state index in [-0.39, 0.29) is 5.41 Å². The van der Waals surface area contributed by atoms with Crippen molar-refractivity contribution in [3.05, 3.63) is 0 Å². The Bertz CT molecular complexity index is 138. The third kappa shape index (κ3) is 4.76. The fraction of sp³-hybridized carbons (Fsp3) is 1.00. The largest absolute Gasteiger partial charge is 0.358 e. The number of hydrogen-bond acceptors (Lipinski definition) is 3. The summed E-state index contributed by atoms with van der Waals surface area (Å²) in [6.45, 7) is 2.22. The number of nitrogens with zero attached hydrogens (tertiary/aromatic N) is 1. The van der Waals surface area contributed by atoms with Crippen molar-refractivity contribution in [3.63, 3.8) is 0 Å². The van der Waals surface area contributed by atoms with Crippen LogP contribution >= 0.6 is 0 Å². The van der Waals surface area contributed by atoms with Crippen LogP contribution in [-0.4, -0.2) is 54.9 Å². The fourth-order valence-electron chi connectivity index (χ4n) is 1.02. The molecule has 0 aromatic carbocycles. The van der Waals surface area contributed by atoms with E-state index >= 15 is 0 Å². The van der Waals surface area contributed by atoms with Crippen LogP contribution < -0.4 is 0 Å². The van der Waals surface area contributed by atoms with E-state index in [0.717, 1.165) is 23.1 Å². The van der Waals surface area contributed by atoms with Gasteiger partial charge in [-0.1, -0.05) is 0 Å². The molecule has 0 fully saturated rings. The summed E-state index contributed by atoms with van der Waals surface area (Å²) in [4.78, 5) is 2.22. The van der Waals surface area contributed by atoms with Gasteiger partial charge in [-0.25, -0.2) is 0 Å². The molecule has 4 heteroatoms. The molecule has 0 N–H and O–H groups in total. The van der Waals surface area contributed by atoms with E-state index in [2.05, 4.69) is 25.9 Å². The molecule has 1 atom stereocenters. The average molecular weight is 205 g/mol. The molecule has 3 nitrogen and oxygen atoms in total. The van der Waals surface area contributed by atoms with Gasteiger partial charge >= 0.3 is 0 Å². The summed E-state index contributed by atoms with van der Waals surface area (Å²) in [5, 5.41) is 0. The number of rotatable bonds is 6. The second kappa shape index (κ2) is 5.75. The van der Waals surface area contributed by atoms with Gasteiger partial charge in [0.15, 0.2) is 0 Å². The molecule has 0 spiro atoms. The lowest BCUT2D eigenvalue weighted by Crippen LogP contribution is -2.36. The summed E-state index contributed by atoms with van der Waals surface area (Å²) in [5.41, 5.74) is -0.287. The molecule has 80 valence electrons. The smallest absolute Gasteiger partial charge is 0.140 e. The molecule has 0 saturated carbocycles. The van der Waals surface area contributed by atoms with Crippen molar-refractivity contribution in [3.8, 4) is 0 Å². The lowest BCUT2D eigenvalue weighted by atomic mass is 10.1. The van der Waals surface area contributed by atoms with E-state index in [9.17, 15) is 0 Å². The van der Waals surface area contributed by atoms with Crippen molar-refractivity contribution < 1.29 is 9.47 Å². The average Bonchev–Trinajstić information content (AvgIpc) is 2.13. The minimum absolute atomic E-state index is 0.287. The van der Waals surface area contributed by atoms with Gasteiger partial charge in [0.05, 0.1) is 10.2 Å². The zero-order valence-electron chi connectivity index (χ0n) is 9.76. The Morgan fingerprint density at radius 2 is 1.77 bits per heavy atom. The summed E-state index contributed by atoms with van der Waals surface area (Å²) in [5.74, 6) is 0. The zero-order chi connectivity index (χ0) is 10.5. The zero-order valence-corrected chi connectivity index (χ0v) is 11.8. The van der Waals surface area contributed by atoms with Crippen LogP contribution in [-0.2, 0) is 9.47 Å². The molecule has 13 heavy (non-hydrogen) atoms. The monoisotopic (exact) mass is 205 g/mol. The maximum absolute atomic E-state index is 5.34. The first-order valence-electron chi connectivity index (χ1n) is 4.72. The van der Waals surface area contributed by atoms with Gasteiger partial charge in [-0.05, 0) is 33.9 Å². The Morgan fingerprint density at radius 3 is 2.08 bits per heavy atom. The molecule has 0 aliphatic heterocycles. The molecule has 0 rings (SSSR count). The highest BCUT2D eigenvalue weighted by Crippen LogP contribution is 2.16. The second-order valence-corrected chi connectivity index (χ2v) is 5.42. The van der Waals surface area contributed by atoms with E-state index in [4.69, 9.17) is 9.47 Å². The summed E-state index contributed by atoms with van der Waals surface area (Å²) in [7, 11) is 8.54. The number of hydrogen-bond donors (Lipinski definition) is 0. The molecule has 0 aromatic heterocycles. The summed E-state index contributed by atoms with van der Waals surface area (Å²) in [6, 6.07) is 0.582. The minimum atomic E-state index is -0.287. The molecular formula is C9H23NO2Si. The van der Waals surface area contributed by atoms with Gasteiger partial charge in [0.25, 0.3) is 0 Å². The van der Waals surface area contributed by atoms with Gasteiger partial charge in [-0.2, -0.15) is 0 Å². The van der Waals surface area contributed by atoms with Crippen molar-refractivity contribution in [2.45, 2.75) is 31.2 Å². The van der Waals surface area contributed by atoms with Crippen LogP contribution in [0.2, 0.25) is 0 Å². The molecule has 0 heterocycles. The van der Waals surface area contributed by atoms with Crippen LogP contribution in [0.5, 0.6) is 0 Å². The molecule has 0 amide bonds. The van der Waals surface area contributed by atoms with E-state index in [0.29, 0.717) is 6.04 Å². The maximum Gasteiger partial charge on any atom is 0.140 e. The Balaban J connectivity index is 3.85. The normalized spacial score (nSPS) is 15.2. The first-order chi connectivity index (χ1) is 5.95.